The molecule has 0 spiro atoms. The van der Waals surface area contributed by atoms with E-state index in [4.69, 9.17) is 9.97 Å². The molecule has 29 heavy (non-hydrogen) atoms. The molecule has 148 valence electrons. The number of aromatic amines is 1. The Kier molecular flexibility index (Phi) is 4.14. The first-order valence-electron chi connectivity index (χ1n) is 9.95. The molecule has 0 aromatic carbocycles. The summed E-state index contributed by atoms with van der Waals surface area (Å²) < 4.78 is 0. The van der Waals surface area contributed by atoms with Gasteiger partial charge >= 0.3 is 0 Å². The summed E-state index contributed by atoms with van der Waals surface area (Å²) in [6, 6.07) is 6.01. The first-order valence-corrected chi connectivity index (χ1v) is 11.6. The number of H-pyrrole nitrogens is 1. The van der Waals surface area contributed by atoms with Gasteiger partial charge < -0.3 is 10.2 Å². The first kappa shape index (κ1) is 17.5. The lowest BCUT2D eigenvalue weighted by Crippen LogP contribution is -2.47. The molecule has 2 N–H and O–H groups in total. The highest BCUT2D eigenvalue weighted by Gasteiger charge is 2.36. The number of nitrogens with zero attached hydrogens (tertiary/aromatic N) is 5. The number of fused-ring (bicyclic) bond motifs is 3. The van der Waals surface area contributed by atoms with Crippen LogP contribution in [0.15, 0.2) is 30.7 Å². The van der Waals surface area contributed by atoms with Crippen LogP contribution in [0, 0.1) is 0 Å². The topological polar surface area (TPSA) is 82.6 Å². The van der Waals surface area contributed by atoms with Crippen LogP contribution in [0.4, 0.5) is 5.13 Å². The molecule has 4 aromatic heterocycles. The van der Waals surface area contributed by atoms with Gasteiger partial charge in [-0.15, -0.1) is 0 Å². The highest BCUT2D eigenvalue weighted by atomic mass is 32.1. The van der Waals surface area contributed by atoms with Gasteiger partial charge in [-0.2, -0.15) is 5.10 Å². The molecule has 2 aliphatic rings. The van der Waals surface area contributed by atoms with Crippen LogP contribution in [0.5, 0.6) is 0 Å². The maximum atomic E-state index is 4.90. The number of hydrogen-bond acceptors (Lipinski definition) is 8. The van der Waals surface area contributed by atoms with E-state index < -0.39 is 0 Å². The quantitative estimate of drug-likeness (QED) is 0.518. The molecule has 0 saturated carbocycles. The van der Waals surface area contributed by atoms with E-state index in [9.17, 15) is 0 Å². The molecule has 3 atom stereocenters. The van der Waals surface area contributed by atoms with E-state index in [1.807, 2.05) is 18.5 Å². The Balaban J connectivity index is 1.23. The summed E-state index contributed by atoms with van der Waals surface area (Å²) in [6.45, 7) is 0. The average molecular weight is 424 g/mol. The van der Waals surface area contributed by atoms with Crippen LogP contribution in [0.25, 0.3) is 31.5 Å². The average Bonchev–Trinajstić information content (AvgIpc) is 3.51. The molecule has 0 radical (unpaired) electrons. The van der Waals surface area contributed by atoms with Gasteiger partial charge in [0.15, 0.2) is 14.8 Å². The summed E-state index contributed by atoms with van der Waals surface area (Å²) in [5.74, 6) is 0. The summed E-state index contributed by atoms with van der Waals surface area (Å²) in [6.07, 6.45) is 10.6. The van der Waals surface area contributed by atoms with E-state index in [0.717, 1.165) is 36.6 Å². The lowest BCUT2D eigenvalue weighted by Gasteiger charge is -2.35. The Labute approximate surface area is 176 Å². The van der Waals surface area contributed by atoms with Gasteiger partial charge in [-0.05, 0) is 31.7 Å². The Hall–Kier alpha value is -2.36. The zero-order valence-corrected chi connectivity index (χ0v) is 17.6. The molecule has 2 bridgehead atoms. The van der Waals surface area contributed by atoms with E-state index in [1.165, 1.54) is 25.7 Å². The molecule has 4 aromatic rings. The number of hydrogen-bond donors (Lipinski definition) is 2. The molecule has 2 aliphatic heterocycles. The van der Waals surface area contributed by atoms with Crippen LogP contribution in [0.2, 0.25) is 0 Å². The van der Waals surface area contributed by atoms with Gasteiger partial charge in [0.25, 0.3) is 0 Å². The van der Waals surface area contributed by atoms with Gasteiger partial charge in [-0.25, -0.2) is 9.97 Å². The number of anilines is 1. The van der Waals surface area contributed by atoms with Crippen molar-refractivity contribution in [2.75, 3.05) is 11.9 Å². The van der Waals surface area contributed by atoms with E-state index in [-0.39, 0.29) is 0 Å². The summed E-state index contributed by atoms with van der Waals surface area (Å²) in [5, 5.41) is 12.6. The number of rotatable bonds is 4. The lowest BCUT2D eigenvalue weighted by molar-refractivity contribution is 0.354. The maximum Gasteiger partial charge on any atom is 0.188 e. The molecular formula is C20H21N7S2. The van der Waals surface area contributed by atoms with Gasteiger partial charge in [-0.3, -0.25) is 10.1 Å². The van der Waals surface area contributed by atoms with Gasteiger partial charge in [0.2, 0.25) is 0 Å². The fraction of sp³-hybridized carbons (Fsp3) is 0.400. The number of pyridine rings is 1. The second kappa shape index (κ2) is 6.86. The largest absolute Gasteiger partial charge is 0.348 e. The molecule has 2 saturated heterocycles. The molecule has 2 fully saturated rings. The fourth-order valence-electron chi connectivity index (χ4n) is 4.49. The zero-order chi connectivity index (χ0) is 19.4. The molecule has 0 amide bonds. The minimum Gasteiger partial charge on any atom is -0.348 e. The van der Waals surface area contributed by atoms with E-state index >= 15 is 0 Å². The standard InChI is InChI=1S/C20H21N7S2/c1-27(15-6-13-3-4-14(7-15)24-13)20-26-19-18(29-20)25-17(28-19)16-5-2-11(8-21-16)12-9-22-23-10-12/h2,5,8-10,13-15,24H,3-4,6-7H2,1H3,(H,22,23)/t13-,14+,15-. The van der Waals surface area contributed by atoms with Crippen LogP contribution in [-0.2, 0) is 0 Å². The summed E-state index contributed by atoms with van der Waals surface area (Å²) in [7, 11) is 2.19. The van der Waals surface area contributed by atoms with Crippen molar-refractivity contribution in [3.8, 4) is 21.8 Å². The Morgan fingerprint density at radius 2 is 1.83 bits per heavy atom. The Bertz CT molecular complexity index is 1090. The number of aromatic nitrogens is 5. The maximum absolute atomic E-state index is 4.90. The van der Waals surface area contributed by atoms with Crippen LogP contribution < -0.4 is 10.2 Å². The number of nitrogens with one attached hydrogen (secondary N) is 2. The van der Waals surface area contributed by atoms with E-state index in [1.54, 1.807) is 28.9 Å². The second-order valence-electron chi connectivity index (χ2n) is 7.92. The van der Waals surface area contributed by atoms with Crippen molar-refractivity contribution in [2.24, 2.45) is 0 Å². The van der Waals surface area contributed by atoms with Crippen molar-refractivity contribution >= 4 is 37.5 Å². The minimum absolute atomic E-state index is 0.575. The molecular weight excluding hydrogens is 402 g/mol. The summed E-state index contributed by atoms with van der Waals surface area (Å²) in [5.41, 5.74) is 2.96. The lowest BCUT2D eigenvalue weighted by atomic mass is 9.99. The third-order valence-electron chi connectivity index (χ3n) is 6.08. The van der Waals surface area contributed by atoms with Crippen LogP contribution in [-0.4, -0.2) is 50.3 Å². The van der Waals surface area contributed by atoms with Crippen molar-refractivity contribution in [3.05, 3.63) is 30.7 Å². The van der Waals surface area contributed by atoms with Gasteiger partial charge in [-0.1, -0.05) is 28.7 Å². The SMILES string of the molecule is CN(c1nc2sc(-c3ccc(-c4cn[nH]c4)cn3)nc2s1)[C@@H]1C[C@H]2CC[C@@H](C1)N2. The van der Waals surface area contributed by atoms with Crippen molar-refractivity contribution in [2.45, 2.75) is 43.8 Å². The normalized spacial score (nSPS) is 23.7. The highest BCUT2D eigenvalue weighted by Crippen LogP contribution is 2.38. The zero-order valence-electron chi connectivity index (χ0n) is 16.0. The third-order valence-corrected chi connectivity index (χ3v) is 8.22. The first-order chi connectivity index (χ1) is 14.2. The number of piperidine rings is 1. The molecule has 0 unspecified atom stereocenters. The highest BCUT2D eigenvalue weighted by molar-refractivity contribution is 7.29. The molecule has 9 heteroatoms. The minimum atomic E-state index is 0.575. The molecule has 0 aliphatic carbocycles. The smallest absolute Gasteiger partial charge is 0.188 e. The summed E-state index contributed by atoms with van der Waals surface area (Å²) >= 11 is 3.31. The van der Waals surface area contributed by atoms with Crippen LogP contribution >= 0.6 is 22.7 Å². The van der Waals surface area contributed by atoms with Gasteiger partial charge in [0, 0.05) is 48.7 Å². The van der Waals surface area contributed by atoms with Crippen molar-refractivity contribution in [1.82, 2.24) is 30.5 Å². The Morgan fingerprint density at radius 3 is 2.52 bits per heavy atom. The Morgan fingerprint density at radius 1 is 1.00 bits per heavy atom. The monoisotopic (exact) mass is 423 g/mol. The van der Waals surface area contributed by atoms with E-state index in [0.29, 0.717) is 18.1 Å². The molecule has 7 nitrogen and oxygen atoms in total. The second-order valence-corrected chi connectivity index (χ2v) is 9.85. The molecule has 6 rings (SSSR count). The van der Waals surface area contributed by atoms with Gasteiger partial charge in [0.1, 0.15) is 5.01 Å². The van der Waals surface area contributed by atoms with Crippen molar-refractivity contribution in [3.63, 3.8) is 0 Å². The summed E-state index contributed by atoms with van der Waals surface area (Å²) in [4.78, 5) is 18.7. The number of thiazole rings is 2. The van der Waals surface area contributed by atoms with Crippen LogP contribution in [0.3, 0.4) is 0 Å². The van der Waals surface area contributed by atoms with Crippen molar-refractivity contribution in [1.29, 1.82) is 0 Å². The molecule has 6 heterocycles. The van der Waals surface area contributed by atoms with E-state index in [2.05, 4.69) is 38.5 Å². The predicted octanol–water partition coefficient (Wildman–Crippen LogP) is 3.92. The predicted molar refractivity (Wildman–Crippen MR) is 117 cm³/mol. The van der Waals surface area contributed by atoms with Crippen LogP contribution in [0.1, 0.15) is 25.7 Å². The fourth-order valence-corrected chi connectivity index (χ4v) is 6.54. The third kappa shape index (κ3) is 3.13. The van der Waals surface area contributed by atoms with Crippen molar-refractivity contribution < 1.29 is 0 Å². The van der Waals surface area contributed by atoms with Gasteiger partial charge in [0.05, 0.1) is 11.9 Å².